The lowest BCUT2D eigenvalue weighted by Crippen LogP contribution is -2.40. The fourth-order valence-corrected chi connectivity index (χ4v) is 6.55. The van der Waals surface area contributed by atoms with Crippen LogP contribution in [0.3, 0.4) is 0 Å². The maximum atomic E-state index is 13.1. The molecule has 2 aromatic heterocycles. The molecule has 3 atom stereocenters. The second-order valence-corrected chi connectivity index (χ2v) is 11.9. The van der Waals surface area contributed by atoms with Crippen molar-refractivity contribution in [3.05, 3.63) is 96.2 Å². The highest BCUT2D eigenvalue weighted by atomic mass is 35.5. The third kappa shape index (κ3) is 5.66. The molecule has 0 radical (unpaired) electrons. The number of ether oxygens (including phenoxy) is 2. The second kappa shape index (κ2) is 12.4. The van der Waals surface area contributed by atoms with Gasteiger partial charge in [0, 0.05) is 48.6 Å². The van der Waals surface area contributed by atoms with E-state index in [1.165, 1.54) is 20.3 Å². The topological polar surface area (TPSA) is 137 Å². The molecule has 1 saturated heterocycles. The number of aliphatic hydroxyl groups is 1. The Hall–Kier alpha value is -4.00. The molecule has 3 N–H and O–H groups in total. The molecule has 11 nitrogen and oxygen atoms in total. The van der Waals surface area contributed by atoms with Gasteiger partial charge in [-0.2, -0.15) is 0 Å². The Balaban J connectivity index is 1.32. The summed E-state index contributed by atoms with van der Waals surface area (Å²) in [5, 5.41) is 17.1. The van der Waals surface area contributed by atoms with Crippen molar-refractivity contribution in [2.24, 2.45) is 14.1 Å². The van der Waals surface area contributed by atoms with Crippen molar-refractivity contribution in [2.75, 3.05) is 25.6 Å². The number of nitrogens with one attached hydrogen (secondary N) is 2. The van der Waals surface area contributed by atoms with Crippen molar-refractivity contribution in [3.8, 4) is 28.3 Å². The number of hydrogen-bond donors (Lipinski definition) is 3. The lowest BCUT2D eigenvalue weighted by Gasteiger charge is -2.22. The van der Waals surface area contributed by atoms with Gasteiger partial charge in [0.25, 0.3) is 11.5 Å². The van der Waals surface area contributed by atoms with Crippen LogP contribution in [0.1, 0.15) is 33.9 Å². The molecule has 2 aromatic carbocycles. The summed E-state index contributed by atoms with van der Waals surface area (Å²) >= 11 is 13.8. The number of carbonyl (C=O) groups is 1. The van der Waals surface area contributed by atoms with E-state index in [-0.39, 0.29) is 28.4 Å². The number of anilines is 1. The highest BCUT2D eigenvalue weighted by Gasteiger charge is 2.34. The van der Waals surface area contributed by atoms with Crippen LogP contribution >= 0.6 is 23.2 Å². The van der Waals surface area contributed by atoms with E-state index in [4.69, 9.17) is 37.7 Å². The van der Waals surface area contributed by atoms with Crippen LogP contribution in [-0.2, 0) is 25.3 Å². The predicted molar refractivity (Wildman–Crippen MR) is 171 cm³/mol. The number of aromatic nitrogens is 3. The van der Waals surface area contributed by atoms with Gasteiger partial charge in [0.1, 0.15) is 5.56 Å². The van der Waals surface area contributed by atoms with Crippen molar-refractivity contribution in [3.63, 3.8) is 0 Å². The van der Waals surface area contributed by atoms with Gasteiger partial charge in [-0.1, -0.05) is 53.5 Å². The minimum atomic E-state index is -0.719. The summed E-state index contributed by atoms with van der Waals surface area (Å²) in [6.07, 6.45) is 2.26. The number of benzene rings is 2. The Kier molecular flexibility index (Phi) is 8.55. The molecule has 45 heavy (non-hydrogen) atoms. The average Bonchev–Trinajstić information content (AvgIpc) is 3.64. The van der Waals surface area contributed by atoms with Crippen LogP contribution in [0.2, 0.25) is 10.0 Å². The van der Waals surface area contributed by atoms with Gasteiger partial charge in [0.2, 0.25) is 5.88 Å². The first kappa shape index (κ1) is 31.0. The second-order valence-electron chi connectivity index (χ2n) is 11.1. The molecular formula is C32H31Cl2N5O6. The summed E-state index contributed by atoms with van der Waals surface area (Å²) in [7, 11) is 4.35. The van der Waals surface area contributed by atoms with E-state index in [2.05, 4.69) is 10.6 Å². The first-order chi connectivity index (χ1) is 21.6. The Morgan fingerprint density at radius 2 is 1.78 bits per heavy atom. The molecule has 6 rings (SSSR count). The van der Waals surface area contributed by atoms with Gasteiger partial charge < -0.3 is 29.8 Å². The van der Waals surface area contributed by atoms with Crippen LogP contribution < -0.4 is 26.6 Å². The third-order valence-electron chi connectivity index (χ3n) is 8.32. The quantitative estimate of drug-likeness (QED) is 0.275. The summed E-state index contributed by atoms with van der Waals surface area (Å²) in [6.45, 7) is 0.761. The fraction of sp³-hybridized carbons (Fsp3) is 0.312. The highest BCUT2D eigenvalue weighted by molar-refractivity contribution is 6.39. The first-order valence-corrected chi connectivity index (χ1v) is 15.1. The largest absolute Gasteiger partial charge is 0.481 e. The van der Waals surface area contributed by atoms with E-state index in [0.717, 1.165) is 33.1 Å². The van der Waals surface area contributed by atoms with Crippen molar-refractivity contribution >= 4 is 34.8 Å². The number of aliphatic hydroxyl groups excluding tert-OH is 1. The van der Waals surface area contributed by atoms with Gasteiger partial charge in [-0.05, 0) is 30.5 Å². The Morgan fingerprint density at radius 1 is 1.07 bits per heavy atom. The zero-order chi connectivity index (χ0) is 32.0. The van der Waals surface area contributed by atoms with E-state index in [0.29, 0.717) is 46.5 Å². The molecule has 2 aliphatic rings. The number of fused-ring (bicyclic) bond motifs is 1. The average molecular weight is 653 g/mol. The highest BCUT2D eigenvalue weighted by Crippen LogP contribution is 2.44. The predicted octanol–water partition coefficient (Wildman–Crippen LogP) is 3.72. The van der Waals surface area contributed by atoms with Crippen LogP contribution in [0.4, 0.5) is 5.69 Å². The molecule has 0 bridgehead atoms. The summed E-state index contributed by atoms with van der Waals surface area (Å²) in [6, 6.07) is 12.5. The van der Waals surface area contributed by atoms with Crippen molar-refractivity contribution in [1.82, 2.24) is 19.4 Å². The lowest BCUT2D eigenvalue weighted by atomic mass is 9.99. The molecule has 1 unspecified atom stereocenters. The number of carbonyl (C=O) groups excluding carboxylic acids is 1. The maximum absolute atomic E-state index is 13.1. The molecular weight excluding hydrogens is 621 g/mol. The molecule has 0 spiro atoms. The van der Waals surface area contributed by atoms with Crippen LogP contribution in [0.15, 0.2) is 58.3 Å². The number of hydrogen-bond acceptors (Lipinski definition) is 8. The fourth-order valence-electron chi connectivity index (χ4n) is 5.95. The van der Waals surface area contributed by atoms with Crippen LogP contribution in [0, 0.1) is 0 Å². The van der Waals surface area contributed by atoms with Gasteiger partial charge in [-0.15, -0.1) is 0 Å². The summed E-state index contributed by atoms with van der Waals surface area (Å²) < 4.78 is 13.2. The maximum Gasteiger partial charge on any atom is 0.330 e. The molecule has 13 heteroatoms. The summed E-state index contributed by atoms with van der Waals surface area (Å²) in [4.78, 5) is 42.6. The van der Waals surface area contributed by atoms with Gasteiger partial charge in [-0.25, -0.2) is 9.78 Å². The normalized spacial score (nSPS) is 19.0. The zero-order valence-corrected chi connectivity index (χ0v) is 26.3. The minimum absolute atomic E-state index is 0.0302. The molecule has 1 aliphatic heterocycles. The summed E-state index contributed by atoms with van der Waals surface area (Å²) in [5.41, 5.74) is 3.32. The SMILES string of the molecule is COc1nc(-c2cccc(-c3cccc(NC(=O)c4cn(C)c(=O)n(C)c4=O)c3Cl)c2Cl)cc2c1C(N[C@@H]1COC[C@@H]1O)CC2. The Morgan fingerprint density at radius 3 is 2.49 bits per heavy atom. The molecule has 234 valence electrons. The first-order valence-electron chi connectivity index (χ1n) is 14.3. The van der Waals surface area contributed by atoms with Gasteiger partial charge in [0.15, 0.2) is 0 Å². The number of nitrogens with zero attached hydrogens (tertiary/aromatic N) is 3. The molecule has 0 saturated carbocycles. The number of aryl methyl sites for hydroxylation is 2. The van der Waals surface area contributed by atoms with Crippen molar-refractivity contribution < 1.29 is 19.4 Å². The van der Waals surface area contributed by atoms with E-state index < -0.39 is 23.3 Å². The lowest BCUT2D eigenvalue weighted by molar-refractivity contribution is 0.102. The monoisotopic (exact) mass is 651 g/mol. The van der Waals surface area contributed by atoms with Crippen LogP contribution in [0.25, 0.3) is 22.4 Å². The Labute approximate surface area is 268 Å². The number of amides is 1. The van der Waals surface area contributed by atoms with Gasteiger partial charge >= 0.3 is 5.69 Å². The number of halogens is 2. The van der Waals surface area contributed by atoms with Crippen LogP contribution in [0.5, 0.6) is 5.88 Å². The third-order valence-corrected chi connectivity index (χ3v) is 9.14. The number of pyridine rings is 1. The van der Waals surface area contributed by atoms with E-state index in [1.807, 2.05) is 24.3 Å². The van der Waals surface area contributed by atoms with E-state index in [1.54, 1.807) is 25.3 Å². The van der Waals surface area contributed by atoms with Crippen molar-refractivity contribution in [2.45, 2.75) is 31.0 Å². The van der Waals surface area contributed by atoms with E-state index in [9.17, 15) is 19.5 Å². The molecule has 3 heterocycles. The zero-order valence-electron chi connectivity index (χ0n) is 24.8. The molecule has 1 aliphatic carbocycles. The smallest absolute Gasteiger partial charge is 0.330 e. The standard InChI is InChI=1S/C32H31Cl2N5O6/c1-38-13-20(31(42)39(2)32(38)43)29(41)36-22-9-5-7-18(28(22)34)17-6-4-8-19(27(17)33)23-12-16-10-11-21(26(16)30(37-23)44-3)35-24-14-45-15-25(24)40/h4-9,12-13,21,24-25,35,40H,10-11,14-15H2,1-3H3,(H,36,41)/t21?,24-,25+/m1/s1. The van der Waals surface area contributed by atoms with Gasteiger partial charge in [-0.3, -0.25) is 14.2 Å². The molecule has 1 fully saturated rings. The van der Waals surface area contributed by atoms with E-state index >= 15 is 0 Å². The molecule has 4 aromatic rings. The molecule has 1 amide bonds. The number of methoxy groups -OCH3 is 1. The number of rotatable bonds is 7. The Bertz CT molecular complexity index is 1940. The minimum Gasteiger partial charge on any atom is -0.481 e. The summed E-state index contributed by atoms with van der Waals surface area (Å²) in [5.74, 6) is -0.220. The van der Waals surface area contributed by atoms with Gasteiger partial charge in [0.05, 0.1) is 53.9 Å². The van der Waals surface area contributed by atoms with Crippen LogP contribution in [-0.4, -0.2) is 57.6 Å². The van der Waals surface area contributed by atoms with Crippen molar-refractivity contribution in [1.29, 1.82) is 0 Å².